The van der Waals surface area contributed by atoms with Gasteiger partial charge in [0.1, 0.15) is 24.4 Å². The monoisotopic (exact) mass is 308 g/mol. The van der Waals surface area contributed by atoms with E-state index < -0.39 is 37.1 Å². The van der Waals surface area contributed by atoms with Crippen LogP contribution in [0.25, 0.3) is 6.08 Å². The molecule has 4 N–H and O–H groups in total. The van der Waals surface area contributed by atoms with Crippen LogP contribution in [-0.2, 0) is 9.53 Å². The number of allylic oxidation sites excluding steroid dienone is 1. The second-order valence-electron chi connectivity index (χ2n) is 5.28. The van der Waals surface area contributed by atoms with Gasteiger partial charge in [-0.05, 0) is 11.6 Å². The number of ketones is 1. The lowest BCUT2D eigenvalue weighted by Crippen LogP contribution is -2.58. The minimum Gasteiger partial charge on any atom is -0.394 e. The first-order chi connectivity index (χ1) is 10.5. The number of hydrogen-bond acceptors (Lipinski definition) is 6. The van der Waals surface area contributed by atoms with Crippen LogP contribution in [0.15, 0.2) is 36.4 Å². The van der Waals surface area contributed by atoms with Gasteiger partial charge in [0.15, 0.2) is 5.78 Å². The van der Waals surface area contributed by atoms with E-state index in [0.717, 1.165) is 5.56 Å². The maximum absolute atomic E-state index is 11.9. The number of ether oxygens (including phenoxy) is 1. The molecule has 1 fully saturated rings. The Hall–Kier alpha value is -1.57. The Kier molecular flexibility index (Phi) is 5.82. The van der Waals surface area contributed by atoms with Gasteiger partial charge in [-0.2, -0.15) is 0 Å². The van der Waals surface area contributed by atoms with Crippen molar-refractivity contribution in [2.75, 3.05) is 6.61 Å². The van der Waals surface area contributed by atoms with Crippen LogP contribution >= 0.6 is 0 Å². The van der Waals surface area contributed by atoms with Gasteiger partial charge in [-0.25, -0.2) is 0 Å². The third-order valence-electron chi connectivity index (χ3n) is 3.65. The molecule has 22 heavy (non-hydrogen) atoms. The van der Waals surface area contributed by atoms with Gasteiger partial charge >= 0.3 is 0 Å². The van der Waals surface area contributed by atoms with Crippen molar-refractivity contribution in [2.45, 2.75) is 36.9 Å². The van der Waals surface area contributed by atoms with Crippen LogP contribution in [0.2, 0.25) is 0 Å². The molecule has 0 bridgehead atoms. The van der Waals surface area contributed by atoms with E-state index in [1.165, 1.54) is 6.08 Å². The Morgan fingerprint density at radius 1 is 1.05 bits per heavy atom. The summed E-state index contributed by atoms with van der Waals surface area (Å²) in [5.74, 6) is -0.284. The zero-order valence-corrected chi connectivity index (χ0v) is 11.9. The van der Waals surface area contributed by atoms with Crippen molar-refractivity contribution < 1.29 is 30.0 Å². The molecule has 1 aromatic rings. The number of benzene rings is 1. The highest BCUT2D eigenvalue weighted by Crippen LogP contribution is 2.23. The van der Waals surface area contributed by atoms with Gasteiger partial charge in [0, 0.05) is 6.42 Å². The molecular weight excluding hydrogens is 288 g/mol. The first kappa shape index (κ1) is 16.8. The van der Waals surface area contributed by atoms with Crippen molar-refractivity contribution >= 4 is 11.9 Å². The van der Waals surface area contributed by atoms with Crippen molar-refractivity contribution in [3.05, 3.63) is 42.0 Å². The number of aliphatic hydroxyl groups is 4. The molecule has 0 radical (unpaired) electrons. The summed E-state index contributed by atoms with van der Waals surface area (Å²) < 4.78 is 5.29. The van der Waals surface area contributed by atoms with Crippen LogP contribution in [0, 0.1) is 0 Å². The van der Waals surface area contributed by atoms with E-state index in [1.54, 1.807) is 6.08 Å². The fourth-order valence-corrected chi connectivity index (χ4v) is 2.37. The van der Waals surface area contributed by atoms with Crippen molar-refractivity contribution in [3.8, 4) is 0 Å². The van der Waals surface area contributed by atoms with Gasteiger partial charge in [0.05, 0.1) is 12.7 Å². The Bertz CT molecular complexity index is 513. The van der Waals surface area contributed by atoms with Crippen LogP contribution in [0.4, 0.5) is 0 Å². The molecule has 0 saturated carbocycles. The molecule has 0 aliphatic carbocycles. The zero-order valence-electron chi connectivity index (χ0n) is 11.9. The van der Waals surface area contributed by atoms with E-state index in [2.05, 4.69) is 0 Å². The van der Waals surface area contributed by atoms with Crippen LogP contribution in [0.5, 0.6) is 0 Å². The number of carbonyl (C=O) groups excluding carboxylic acids is 1. The predicted molar refractivity (Wildman–Crippen MR) is 78.9 cm³/mol. The molecular formula is C16H20O6. The molecule has 1 aromatic carbocycles. The molecule has 1 heterocycles. The maximum Gasteiger partial charge on any atom is 0.158 e. The highest BCUT2D eigenvalue weighted by Gasteiger charge is 2.43. The first-order valence-corrected chi connectivity index (χ1v) is 7.09. The number of hydrogen-bond donors (Lipinski definition) is 4. The zero-order chi connectivity index (χ0) is 16.1. The van der Waals surface area contributed by atoms with Gasteiger partial charge in [-0.3, -0.25) is 4.79 Å². The summed E-state index contributed by atoms with van der Waals surface area (Å²) in [5, 5.41) is 38.3. The molecule has 0 spiro atoms. The van der Waals surface area contributed by atoms with Gasteiger partial charge in [-0.1, -0.05) is 36.4 Å². The van der Waals surface area contributed by atoms with E-state index >= 15 is 0 Å². The smallest absolute Gasteiger partial charge is 0.158 e. The third kappa shape index (κ3) is 4.00. The van der Waals surface area contributed by atoms with E-state index in [1.807, 2.05) is 30.3 Å². The number of rotatable bonds is 5. The highest BCUT2D eigenvalue weighted by atomic mass is 16.5. The molecule has 1 aliphatic heterocycles. The second kappa shape index (κ2) is 7.62. The van der Waals surface area contributed by atoms with E-state index in [9.17, 15) is 20.1 Å². The van der Waals surface area contributed by atoms with Crippen molar-refractivity contribution in [1.29, 1.82) is 0 Å². The van der Waals surface area contributed by atoms with Crippen molar-refractivity contribution in [1.82, 2.24) is 0 Å². The Morgan fingerprint density at radius 2 is 1.68 bits per heavy atom. The number of carbonyl (C=O) groups is 1. The van der Waals surface area contributed by atoms with Crippen LogP contribution in [0.3, 0.4) is 0 Å². The minimum absolute atomic E-state index is 0.148. The molecule has 0 amide bonds. The standard InChI is InChI=1S/C16H20O6/c17-9-13-15(20)16(21)14(19)12(22-13)8-11(18)7-6-10-4-2-1-3-5-10/h1-7,12-17,19-21H,8-9H2/b7-6+/t12-,13+,14-,15+,16+/m0/s1. The van der Waals surface area contributed by atoms with Crippen molar-refractivity contribution in [3.63, 3.8) is 0 Å². The van der Waals surface area contributed by atoms with Gasteiger partial charge in [0.25, 0.3) is 0 Å². The molecule has 1 saturated heterocycles. The van der Waals surface area contributed by atoms with E-state index in [0.29, 0.717) is 0 Å². The van der Waals surface area contributed by atoms with E-state index in [4.69, 9.17) is 9.84 Å². The fourth-order valence-electron chi connectivity index (χ4n) is 2.37. The normalized spacial score (nSPS) is 32.3. The fraction of sp³-hybridized carbons (Fsp3) is 0.438. The predicted octanol–water partition coefficient (Wildman–Crippen LogP) is -0.499. The lowest BCUT2D eigenvalue weighted by atomic mass is 9.92. The molecule has 0 aromatic heterocycles. The quantitative estimate of drug-likeness (QED) is 0.546. The summed E-state index contributed by atoms with van der Waals surface area (Å²) in [6.07, 6.45) is -3.34. The van der Waals surface area contributed by atoms with Gasteiger partial charge in [-0.15, -0.1) is 0 Å². The van der Waals surface area contributed by atoms with Crippen molar-refractivity contribution in [2.24, 2.45) is 0 Å². The van der Waals surface area contributed by atoms with E-state index in [-0.39, 0.29) is 12.2 Å². The Morgan fingerprint density at radius 3 is 2.32 bits per heavy atom. The lowest BCUT2D eigenvalue weighted by molar-refractivity contribution is -0.229. The second-order valence-corrected chi connectivity index (χ2v) is 5.28. The van der Waals surface area contributed by atoms with Crippen LogP contribution in [-0.4, -0.2) is 63.3 Å². The molecule has 5 atom stereocenters. The molecule has 6 nitrogen and oxygen atoms in total. The summed E-state index contributed by atoms with van der Waals surface area (Å²) in [6.45, 7) is -0.504. The average molecular weight is 308 g/mol. The first-order valence-electron chi connectivity index (χ1n) is 7.09. The lowest BCUT2D eigenvalue weighted by Gasteiger charge is -2.39. The molecule has 0 unspecified atom stereocenters. The third-order valence-corrected chi connectivity index (χ3v) is 3.65. The summed E-state index contributed by atoms with van der Waals surface area (Å²) in [5.41, 5.74) is 0.865. The highest BCUT2D eigenvalue weighted by molar-refractivity contribution is 5.93. The summed E-state index contributed by atoms with van der Waals surface area (Å²) in [4.78, 5) is 11.9. The summed E-state index contributed by atoms with van der Waals surface area (Å²) in [7, 11) is 0. The van der Waals surface area contributed by atoms with Crippen LogP contribution < -0.4 is 0 Å². The molecule has 2 rings (SSSR count). The SMILES string of the molecule is O=C(/C=C/c1ccccc1)C[C@@H]1O[C@H](CO)[C@@H](O)[C@H](O)[C@H]1O. The average Bonchev–Trinajstić information content (AvgIpc) is 2.54. The molecule has 120 valence electrons. The largest absolute Gasteiger partial charge is 0.394 e. The summed E-state index contributed by atoms with van der Waals surface area (Å²) in [6, 6.07) is 9.26. The van der Waals surface area contributed by atoms with Gasteiger partial charge in [0.2, 0.25) is 0 Å². The Balaban J connectivity index is 1.97. The molecule has 1 aliphatic rings. The summed E-state index contributed by atoms with van der Waals surface area (Å²) >= 11 is 0. The Labute approximate surface area is 128 Å². The van der Waals surface area contributed by atoms with Gasteiger partial charge < -0.3 is 25.2 Å². The topological polar surface area (TPSA) is 107 Å². The molecule has 6 heteroatoms. The van der Waals surface area contributed by atoms with Crippen LogP contribution in [0.1, 0.15) is 12.0 Å². The minimum atomic E-state index is -1.46. The maximum atomic E-state index is 11.9. The number of aliphatic hydroxyl groups excluding tert-OH is 4.